The van der Waals surface area contributed by atoms with Gasteiger partial charge in [-0.15, -0.1) is 6.58 Å². The molecule has 162 valence electrons. The van der Waals surface area contributed by atoms with Crippen molar-refractivity contribution in [1.82, 2.24) is 14.7 Å². The first-order valence-corrected chi connectivity index (χ1v) is 10.1. The van der Waals surface area contributed by atoms with Crippen LogP contribution in [0.25, 0.3) is 0 Å². The highest BCUT2D eigenvalue weighted by Crippen LogP contribution is 2.28. The van der Waals surface area contributed by atoms with Gasteiger partial charge in [-0.25, -0.2) is 4.79 Å². The van der Waals surface area contributed by atoms with Crippen molar-refractivity contribution in [1.29, 1.82) is 0 Å². The normalized spacial score (nSPS) is 21.9. The van der Waals surface area contributed by atoms with Gasteiger partial charge in [-0.05, 0) is 46.7 Å². The molecular formula is C22H35N3O4. The molecular weight excluding hydrogens is 370 g/mol. The monoisotopic (exact) mass is 405 g/mol. The summed E-state index contributed by atoms with van der Waals surface area (Å²) in [6.45, 7) is 14.5. The predicted octanol–water partition coefficient (Wildman–Crippen LogP) is 2.56. The van der Waals surface area contributed by atoms with Crippen molar-refractivity contribution in [2.24, 2.45) is 5.92 Å². The molecule has 29 heavy (non-hydrogen) atoms. The van der Waals surface area contributed by atoms with E-state index in [-0.39, 0.29) is 29.9 Å². The Morgan fingerprint density at radius 3 is 2.41 bits per heavy atom. The van der Waals surface area contributed by atoms with Crippen LogP contribution in [0.15, 0.2) is 37.6 Å². The summed E-state index contributed by atoms with van der Waals surface area (Å²) in [6, 6.07) is 0. The smallest absolute Gasteiger partial charge is 0.333 e. The van der Waals surface area contributed by atoms with Gasteiger partial charge in [0.05, 0.1) is 5.92 Å². The molecule has 0 aromatic heterocycles. The third-order valence-corrected chi connectivity index (χ3v) is 4.94. The van der Waals surface area contributed by atoms with E-state index in [0.717, 1.165) is 38.8 Å². The molecule has 2 rings (SSSR count). The standard InChI is InChI=1S/C14H20N2O2.C8H15NO2/c1-3-11-7-5-8-12(15(4-2)14(11)18)16-10-6-9-13(16)17;1-7(2)8(10)11-6-5-9(3)4/h3-4,11-12H,1-2,5-10H2;1,5-6H2,2-4H3. The highest BCUT2D eigenvalue weighted by molar-refractivity contribution is 5.87. The molecule has 2 heterocycles. The first-order chi connectivity index (χ1) is 13.7. The van der Waals surface area contributed by atoms with Gasteiger partial charge in [-0.3, -0.25) is 14.5 Å². The van der Waals surface area contributed by atoms with Gasteiger partial charge < -0.3 is 14.5 Å². The summed E-state index contributed by atoms with van der Waals surface area (Å²) in [5.41, 5.74) is 0.448. The van der Waals surface area contributed by atoms with E-state index >= 15 is 0 Å². The summed E-state index contributed by atoms with van der Waals surface area (Å²) in [7, 11) is 3.85. The minimum absolute atomic E-state index is 0.0159. The predicted molar refractivity (Wildman–Crippen MR) is 114 cm³/mol. The zero-order chi connectivity index (χ0) is 22.0. The number of likely N-dealkylation sites (tertiary alicyclic amines) is 2. The summed E-state index contributed by atoms with van der Waals surface area (Å²) < 4.78 is 4.83. The Labute approximate surface area is 174 Å². The molecule has 0 spiro atoms. The molecule has 0 saturated carbocycles. The van der Waals surface area contributed by atoms with E-state index in [4.69, 9.17) is 4.74 Å². The first kappa shape index (κ1) is 24.6. The Morgan fingerprint density at radius 2 is 1.93 bits per heavy atom. The van der Waals surface area contributed by atoms with Crippen molar-refractivity contribution in [2.45, 2.75) is 45.2 Å². The second-order valence-corrected chi connectivity index (χ2v) is 7.59. The fourth-order valence-electron chi connectivity index (χ4n) is 3.29. The van der Waals surface area contributed by atoms with E-state index in [0.29, 0.717) is 18.6 Å². The molecule has 7 nitrogen and oxygen atoms in total. The Hall–Kier alpha value is -2.41. The van der Waals surface area contributed by atoms with Crippen molar-refractivity contribution in [3.63, 3.8) is 0 Å². The number of hydrogen-bond acceptors (Lipinski definition) is 5. The van der Waals surface area contributed by atoms with Crippen LogP contribution >= 0.6 is 0 Å². The lowest BCUT2D eigenvalue weighted by Crippen LogP contribution is -2.49. The quantitative estimate of drug-likeness (QED) is 0.370. The molecule has 2 unspecified atom stereocenters. The number of amides is 2. The minimum Gasteiger partial charge on any atom is -0.461 e. The molecule has 2 aliphatic rings. The zero-order valence-electron chi connectivity index (χ0n) is 18.1. The number of esters is 1. The Kier molecular flexibility index (Phi) is 10.4. The third-order valence-electron chi connectivity index (χ3n) is 4.94. The summed E-state index contributed by atoms with van der Waals surface area (Å²) in [5.74, 6) is -0.295. The van der Waals surface area contributed by atoms with Crippen LogP contribution in [0.2, 0.25) is 0 Å². The number of carbonyl (C=O) groups excluding carboxylic acids is 3. The SMILES string of the molecule is C=C(C)C(=O)OCCN(C)C.C=CC1CCCC(N2CCCC2=O)N(C=C)C1=O. The second-order valence-electron chi connectivity index (χ2n) is 7.59. The number of rotatable bonds is 7. The van der Waals surface area contributed by atoms with Crippen LogP contribution in [0.1, 0.15) is 39.0 Å². The molecule has 2 saturated heterocycles. The van der Waals surface area contributed by atoms with Gasteiger partial charge in [0, 0.05) is 31.3 Å². The first-order valence-electron chi connectivity index (χ1n) is 10.1. The van der Waals surface area contributed by atoms with Crippen LogP contribution in [0, 0.1) is 5.92 Å². The van der Waals surface area contributed by atoms with Crippen LogP contribution in [-0.2, 0) is 19.1 Å². The summed E-state index contributed by atoms with van der Waals surface area (Å²) in [6.07, 6.45) is 7.17. The maximum atomic E-state index is 12.3. The van der Waals surface area contributed by atoms with Crippen LogP contribution in [0.4, 0.5) is 0 Å². The lowest BCUT2D eigenvalue weighted by atomic mass is 10.0. The summed E-state index contributed by atoms with van der Waals surface area (Å²) >= 11 is 0. The Morgan fingerprint density at radius 1 is 1.24 bits per heavy atom. The highest BCUT2D eigenvalue weighted by atomic mass is 16.5. The molecule has 0 aliphatic carbocycles. The topological polar surface area (TPSA) is 70.2 Å². The van der Waals surface area contributed by atoms with Crippen LogP contribution in [0.5, 0.6) is 0 Å². The van der Waals surface area contributed by atoms with Gasteiger partial charge in [0.25, 0.3) is 0 Å². The number of carbonyl (C=O) groups is 3. The van der Waals surface area contributed by atoms with Crippen molar-refractivity contribution in [2.75, 3.05) is 33.8 Å². The number of ether oxygens (including phenoxy) is 1. The maximum absolute atomic E-state index is 12.3. The fourth-order valence-corrected chi connectivity index (χ4v) is 3.29. The summed E-state index contributed by atoms with van der Waals surface area (Å²) in [4.78, 5) is 40.4. The van der Waals surface area contributed by atoms with E-state index in [9.17, 15) is 14.4 Å². The van der Waals surface area contributed by atoms with E-state index < -0.39 is 0 Å². The molecule has 0 N–H and O–H groups in total. The van der Waals surface area contributed by atoms with E-state index in [1.54, 1.807) is 24.1 Å². The molecule has 2 atom stereocenters. The second kappa shape index (κ2) is 12.2. The van der Waals surface area contributed by atoms with E-state index in [1.165, 1.54) is 0 Å². The number of nitrogens with zero attached hydrogens (tertiary/aromatic N) is 3. The van der Waals surface area contributed by atoms with Gasteiger partial charge in [-0.1, -0.05) is 19.2 Å². The maximum Gasteiger partial charge on any atom is 0.333 e. The van der Waals surface area contributed by atoms with Crippen molar-refractivity contribution in [3.05, 3.63) is 37.6 Å². The Balaban J connectivity index is 0.000000331. The lowest BCUT2D eigenvalue weighted by Gasteiger charge is -2.34. The van der Waals surface area contributed by atoms with Crippen LogP contribution < -0.4 is 0 Å². The Bertz CT molecular complexity index is 630. The zero-order valence-corrected chi connectivity index (χ0v) is 18.1. The average molecular weight is 406 g/mol. The third kappa shape index (κ3) is 7.49. The van der Waals surface area contributed by atoms with Gasteiger partial charge >= 0.3 is 5.97 Å². The molecule has 2 fully saturated rings. The van der Waals surface area contributed by atoms with Crippen LogP contribution in [0.3, 0.4) is 0 Å². The highest BCUT2D eigenvalue weighted by Gasteiger charge is 2.36. The van der Waals surface area contributed by atoms with Crippen molar-refractivity contribution < 1.29 is 19.1 Å². The molecule has 0 aromatic rings. The fraction of sp³-hybridized carbons (Fsp3) is 0.591. The van der Waals surface area contributed by atoms with Crippen molar-refractivity contribution in [3.8, 4) is 0 Å². The van der Waals surface area contributed by atoms with Gasteiger partial charge in [0.15, 0.2) is 0 Å². The number of likely N-dealkylation sites (N-methyl/N-ethyl adjacent to an activating group) is 1. The van der Waals surface area contributed by atoms with E-state index in [1.807, 2.05) is 23.9 Å². The molecule has 2 aliphatic heterocycles. The van der Waals surface area contributed by atoms with Crippen molar-refractivity contribution >= 4 is 17.8 Å². The van der Waals surface area contributed by atoms with Gasteiger partial charge in [0.1, 0.15) is 12.8 Å². The van der Waals surface area contributed by atoms with E-state index in [2.05, 4.69) is 19.7 Å². The molecule has 0 radical (unpaired) electrons. The largest absolute Gasteiger partial charge is 0.461 e. The van der Waals surface area contributed by atoms with Crippen LogP contribution in [-0.4, -0.2) is 72.4 Å². The summed E-state index contributed by atoms with van der Waals surface area (Å²) in [5, 5.41) is 0. The van der Waals surface area contributed by atoms with Gasteiger partial charge in [-0.2, -0.15) is 0 Å². The molecule has 7 heteroatoms. The van der Waals surface area contributed by atoms with Gasteiger partial charge in [0.2, 0.25) is 11.8 Å². The molecule has 0 aromatic carbocycles. The lowest BCUT2D eigenvalue weighted by molar-refractivity contribution is -0.141. The number of hydrogen-bond donors (Lipinski definition) is 0. The average Bonchev–Trinajstić information content (AvgIpc) is 3.02. The molecule has 0 bridgehead atoms. The minimum atomic E-state index is -0.313. The molecule has 2 amide bonds.